The van der Waals surface area contributed by atoms with Crippen LogP contribution in [-0.4, -0.2) is 41.2 Å². The van der Waals surface area contributed by atoms with Gasteiger partial charge in [-0.25, -0.2) is 4.79 Å². The monoisotopic (exact) mass is 439 g/mol. The van der Waals surface area contributed by atoms with Crippen molar-refractivity contribution in [3.63, 3.8) is 0 Å². The van der Waals surface area contributed by atoms with Gasteiger partial charge in [0.1, 0.15) is 11.9 Å². The van der Waals surface area contributed by atoms with Crippen LogP contribution >= 0.6 is 0 Å². The zero-order chi connectivity index (χ0) is 22.2. The molecular weight excluding hydrogens is 415 g/mol. The van der Waals surface area contributed by atoms with Gasteiger partial charge in [-0.1, -0.05) is 18.5 Å². The maximum absolute atomic E-state index is 13.2. The number of urea groups is 1. The molecule has 168 valence electrons. The zero-order valence-electron chi connectivity index (χ0n) is 17.1. The van der Waals surface area contributed by atoms with Gasteiger partial charge in [0.15, 0.2) is 11.3 Å². The average Bonchev–Trinajstić information content (AvgIpc) is 3.32. The normalized spacial score (nSPS) is 22.3. The molecule has 1 N–H and O–H groups in total. The summed E-state index contributed by atoms with van der Waals surface area (Å²) < 4.78 is 51.0. The highest BCUT2D eigenvalue weighted by atomic mass is 19.4. The van der Waals surface area contributed by atoms with Crippen molar-refractivity contribution in [3.8, 4) is 5.75 Å². The fourth-order valence-electron chi connectivity index (χ4n) is 4.43. The van der Waals surface area contributed by atoms with E-state index in [1.165, 1.54) is 6.07 Å². The Hall–Kier alpha value is -2.78. The molecule has 2 fully saturated rings. The minimum atomic E-state index is -4.59. The topological polar surface area (TPSA) is 84.7 Å². The first-order valence-corrected chi connectivity index (χ1v) is 10.5. The first kappa shape index (κ1) is 21.5. The van der Waals surface area contributed by atoms with Crippen molar-refractivity contribution in [1.29, 1.82) is 0 Å². The van der Waals surface area contributed by atoms with Crippen LogP contribution in [0, 0.1) is 5.92 Å². The van der Waals surface area contributed by atoms with Crippen LogP contribution in [0.15, 0.2) is 16.7 Å². The lowest BCUT2D eigenvalue weighted by Gasteiger charge is -2.31. The summed E-state index contributed by atoms with van der Waals surface area (Å²) in [6, 6.07) is 2.51. The van der Waals surface area contributed by atoms with E-state index < -0.39 is 17.9 Å². The van der Waals surface area contributed by atoms with Crippen molar-refractivity contribution in [1.82, 2.24) is 15.4 Å². The smallest absolute Gasteiger partial charge is 0.437 e. The summed E-state index contributed by atoms with van der Waals surface area (Å²) in [7, 11) is 0. The summed E-state index contributed by atoms with van der Waals surface area (Å²) in [5.41, 5.74) is -0.346. The number of imide groups is 1. The van der Waals surface area contributed by atoms with Crippen LogP contribution < -0.4 is 10.1 Å². The van der Waals surface area contributed by atoms with E-state index in [9.17, 15) is 22.8 Å². The van der Waals surface area contributed by atoms with Crippen molar-refractivity contribution in [2.45, 2.75) is 57.7 Å². The largest absolute Gasteiger partial charge is 0.490 e. The van der Waals surface area contributed by atoms with Gasteiger partial charge in [0.2, 0.25) is 5.91 Å². The van der Waals surface area contributed by atoms with Gasteiger partial charge in [-0.05, 0) is 37.8 Å². The number of halogens is 3. The fourth-order valence-corrected chi connectivity index (χ4v) is 4.43. The minimum Gasteiger partial charge on any atom is -0.490 e. The number of fused-ring (bicyclic) bond motifs is 1. The first-order valence-electron chi connectivity index (χ1n) is 10.5. The van der Waals surface area contributed by atoms with Gasteiger partial charge < -0.3 is 14.2 Å². The lowest BCUT2D eigenvalue weighted by atomic mass is 10.0. The number of hydrogen-bond acceptors (Lipinski definition) is 5. The number of alkyl halides is 3. The molecule has 2 atom stereocenters. The van der Waals surface area contributed by atoms with Crippen molar-refractivity contribution in [3.05, 3.63) is 23.4 Å². The summed E-state index contributed by atoms with van der Waals surface area (Å²) in [5.74, 6) is 0.294. The highest BCUT2D eigenvalue weighted by molar-refractivity contribution is 5.96. The van der Waals surface area contributed by atoms with Crippen LogP contribution in [0.2, 0.25) is 0 Å². The molecule has 1 saturated carbocycles. The van der Waals surface area contributed by atoms with Crippen molar-refractivity contribution < 1.29 is 32.0 Å². The summed E-state index contributed by atoms with van der Waals surface area (Å²) in [5, 5.41) is 5.51. The molecule has 3 amide bonds. The highest BCUT2D eigenvalue weighted by Crippen LogP contribution is 2.40. The number of rotatable bonds is 6. The number of amides is 3. The Kier molecular flexibility index (Phi) is 5.81. The second kappa shape index (κ2) is 8.39. The van der Waals surface area contributed by atoms with Crippen molar-refractivity contribution >= 4 is 22.9 Å². The van der Waals surface area contributed by atoms with E-state index in [1.807, 2.05) is 6.92 Å². The van der Waals surface area contributed by atoms with Gasteiger partial charge >= 0.3 is 12.2 Å². The van der Waals surface area contributed by atoms with Gasteiger partial charge in [-0.3, -0.25) is 10.1 Å². The van der Waals surface area contributed by atoms with Crippen LogP contribution in [0.4, 0.5) is 18.0 Å². The average molecular weight is 439 g/mol. The maximum atomic E-state index is 13.2. The SMILES string of the molecule is CCCc1c(O[C@H]2CCC[C@@H]2CN2CCC(=O)NC2=O)ccc2c(C(F)(F)F)noc12. The number of aromatic nitrogens is 1. The maximum Gasteiger partial charge on any atom is 0.437 e. The van der Waals surface area contributed by atoms with E-state index in [2.05, 4.69) is 10.5 Å². The molecule has 2 heterocycles. The van der Waals surface area contributed by atoms with Crippen LogP contribution in [0.1, 0.15) is 50.3 Å². The van der Waals surface area contributed by atoms with Crippen LogP contribution in [0.25, 0.3) is 11.0 Å². The number of aryl methyl sites for hydroxylation is 1. The van der Waals surface area contributed by atoms with Crippen LogP contribution in [0.5, 0.6) is 5.75 Å². The predicted octanol–water partition coefficient (Wildman–Crippen LogP) is 4.29. The fraction of sp³-hybridized carbons (Fsp3) is 0.571. The molecule has 0 radical (unpaired) electrons. The molecular formula is C21H24F3N3O4. The molecule has 1 aromatic carbocycles. The molecule has 0 spiro atoms. The van der Waals surface area contributed by atoms with E-state index >= 15 is 0 Å². The van der Waals surface area contributed by atoms with E-state index in [-0.39, 0.29) is 35.3 Å². The van der Waals surface area contributed by atoms with Gasteiger partial charge in [0, 0.05) is 31.0 Å². The highest BCUT2D eigenvalue weighted by Gasteiger charge is 2.38. The third-order valence-corrected chi connectivity index (χ3v) is 5.93. The predicted molar refractivity (Wildman–Crippen MR) is 104 cm³/mol. The second-order valence-electron chi connectivity index (χ2n) is 8.09. The molecule has 0 unspecified atom stereocenters. The molecule has 7 nitrogen and oxygen atoms in total. The van der Waals surface area contributed by atoms with Gasteiger partial charge in [-0.2, -0.15) is 13.2 Å². The number of nitrogens with zero attached hydrogens (tertiary/aromatic N) is 2. The van der Waals surface area contributed by atoms with Crippen molar-refractivity contribution in [2.24, 2.45) is 5.92 Å². The second-order valence-corrected chi connectivity index (χ2v) is 8.09. The molecule has 1 saturated heterocycles. The summed E-state index contributed by atoms with van der Waals surface area (Å²) in [6.07, 6.45) is -0.723. The summed E-state index contributed by atoms with van der Waals surface area (Å²) >= 11 is 0. The molecule has 1 aliphatic heterocycles. The Morgan fingerprint density at radius 1 is 1.29 bits per heavy atom. The van der Waals surface area contributed by atoms with E-state index in [0.29, 0.717) is 37.2 Å². The number of nitrogens with one attached hydrogen (secondary N) is 1. The number of carbonyl (C=O) groups is 2. The van der Waals surface area contributed by atoms with E-state index in [0.717, 1.165) is 19.3 Å². The quantitative estimate of drug-likeness (QED) is 0.726. The Morgan fingerprint density at radius 3 is 2.81 bits per heavy atom. The molecule has 4 rings (SSSR count). The Balaban J connectivity index is 1.56. The van der Waals surface area contributed by atoms with Gasteiger partial charge in [-0.15, -0.1) is 0 Å². The molecule has 1 aromatic heterocycles. The van der Waals surface area contributed by atoms with Gasteiger partial charge in [0.05, 0.1) is 5.39 Å². The Labute approximate surface area is 176 Å². The summed E-state index contributed by atoms with van der Waals surface area (Å²) in [4.78, 5) is 25.1. The van der Waals surface area contributed by atoms with E-state index in [1.54, 1.807) is 11.0 Å². The number of hydrogen-bond donors (Lipinski definition) is 1. The molecule has 2 aliphatic rings. The molecule has 2 aromatic rings. The standard InChI is InChI=1S/C21H24F3N3O4/c1-2-4-13-16(8-7-14-18(13)31-26-19(14)21(22,23)24)30-15-6-3-5-12(15)11-27-10-9-17(28)25-20(27)29/h7-8,12,15H,2-6,9-11H2,1H3,(H,25,28,29)/t12-,15+/m1/s1. The van der Waals surface area contributed by atoms with Crippen molar-refractivity contribution in [2.75, 3.05) is 13.1 Å². The van der Waals surface area contributed by atoms with E-state index in [4.69, 9.17) is 9.26 Å². The number of carbonyl (C=O) groups excluding carboxylic acids is 2. The number of ether oxygens (including phenoxy) is 1. The third kappa shape index (κ3) is 4.33. The third-order valence-electron chi connectivity index (χ3n) is 5.93. The molecule has 1 aliphatic carbocycles. The first-order chi connectivity index (χ1) is 14.8. The van der Waals surface area contributed by atoms with Crippen LogP contribution in [0.3, 0.4) is 0 Å². The molecule has 31 heavy (non-hydrogen) atoms. The number of benzene rings is 1. The lowest BCUT2D eigenvalue weighted by Crippen LogP contribution is -2.51. The Morgan fingerprint density at radius 2 is 2.10 bits per heavy atom. The lowest BCUT2D eigenvalue weighted by molar-refractivity contribution is -0.141. The van der Waals surface area contributed by atoms with Crippen LogP contribution in [-0.2, 0) is 17.4 Å². The molecule has 0 bridgehead atoms. The molecule has 10 heteroatoms. The Bertz CT molecular complexity index is 988. The zero-order valence-corrected chi connectivity index (χ0v) is 17.1. The summed E-state index contributed by atoms with van der Waals surface area (Å²) in [6.45, 7) is 2.77. The van der Waals surface area contributed by atoms with Gasteiger partial charge in [0.25, 0.3) is 0 Å². The minimum absolute atomic E-state index is 0.0686.